The fraction of sp³-hybridized carbons (Fsp3) is 0.375. The number of carboxylic acid groups (broad SMARTS) is 1. The molecule has 33 heavy (non-hydrogen) atoms. The molecule has 4 rings (SSSR count). The van der Waals surface area contributed by atoms with Gasteiger partial charge in [-0.25, -0.2) is 4.90 Å². The maximum Gasteiger partial charge on any atom is 0.327 e. The van der Waals surface area contributed by atoms with E-state index in [-0.39, 0.29) is 11.4 Å². The fourth-order valence-corrected chi connectivity index (χ4v) is 5.31. The summed E-state index contributed by atoms with van der Waals surface area (Å²) in [5.41, 5.74) is 0.575. The summed E-state index contributed by atoms with van der Waals surface area (Å²) in [5.74, 6) is -5.04. The van der Waals surface area contributed by atoms with E-state index in [0.717, 1.165) is 10.5 Å². The fourth-order valence-electron chi connectivity index (χ4n) is 5.13. The summed E-state index contributed by atoms with van der Waals surface area (Å²) in [7, 11) is 0. The van der Waals surface area contributed by atoms with Gasteiger partial charge in [-0.05, 0) is 62.1 Å². The number of phenolic OH excluding ortho intramolecular Hbond substituents is 1. The average molecular weight is 473 g/mol. The molecule has 9 heteroatoms. The highest BCUT2D eigenvalue weighted by Crippen LogP contribution is 2.51. The second-order valence-electron chi connectivity index (χ2n) is 8.92. The van der Waals surface area contributed by atoms with E-state index in [1.807, 2.05) is 0 Å². The molecular formula is C24H25ClN2O6. The van der Waals surface area contributed by atoms with Crippen LogP contribution in [0.4, 0.5) is 5.69 Å². The number of halogens is 1. The number of aromatic hydroxyl groups is 1. The summed E-state index contributed by atoms with van der Waals surface area (Å²) in [6.07, 6.45) is -1.48. The van der Waals surface area contributed by atoms with Gasteiger partial charge in [-0.2, -0.15) is 0 Å². The number of rotatable bonds is 4. The average Bonchev–Trinajstić information content (AvgIpc) is 3.23. The number of amides is 2. The number of nitrogens with zero attached hydrogens (tertiary/aromatic N) is 1. The highest BCUT2D eigenvalue weighted by molar-refractivity contribution is 6.32. The predicted octanol–water partition coefficient (Wildman–Crippen LogP) is 2.63. The van der Waals surface area contributed by atoms with E-state index < -0.39 is 47.3 Å². The molecule has 174 valence electrons. The molecular weight excluding hydrogens is 448 g/mol. The lowest BCUT2D eigenvalue weighted by Gasteiger charge is -2.33. The van der Waals surface area contributed by atoms with E-state index in [1.165, 1.54) is 13.0 Å². The number of fused-ring (bicyclic) bond motifs is 1. The van der Waals surface area contributed by atoms with Crippen LogP contribution in [0.2, 0.25) is 5.02 Å². The van der Waals surface area contributed by atoms with Crippen molar-refractivity contribution in [3.63, 3.8) is 0 Å². The number of aryl methyl sites for hydroxylation is 3. The molecule has 2 amide bonds. The Hall–Kier alpha value is -2.94. The van der Waals surface area contributed by atoms with Crippen molar-refractivity contribution in [1.29, 1.82) is 0 Å². The quantitative estimate of drug-likeness (QED) is 0.504. The molecule has 2 aliphatic rings. The zero-order valence-corrected chi connectivity index (χ0v) is 19.3. The van der Waals surface area contributed by atoms with E-state index >= 15 is 0 Å². The van der Waals surface area contributed by atoms with Crippen molar-refractivity contribution in [2.24, 2.45) is 11.8 Å². The Labute approximate surface area is 195 Å². The van der Waals surface area contributed by atoms with Gasteiger partial charge in [0.1, 0.15) is 5.75 Å². The van der Waals surface area contributed by atoms with E-state index in [9.17, 15) is 29.7 Å². The maximum atomic E-state index is 13.6. The number of aliphatic hydroxyl groups excluding tert-OH is 1. The third-order valence-corrected chi connectivity index (χ3v) is 7.30. The van der Waals surface area contributed by atoms with Crippen LogP contribution in [0.3, 0.4) is 0 Å². The molecule has 0 bridgehead atoms. The Morgan fingerprint density at radius 2 is 1.70 bits per heavy atom. The van der Waals surface area contributed by atoms with Gasteiger partial charge >= 0.3 is 5.97 Å². The van der Waals surface area contributed by atoms with Gasteiger partial charge in [0.05, 0.1) is 23.6 Å². The molecule has 8 nitrogen and oxygen atoms in total. The number of aliphatic hydroxyl groups is 1. The minimum Gasteiger partial charge on any atom is -0.507 e. The topological polar surface area (TPSA) is 127 Å². The molecule has 0 radical (unpaired) electrons. The lowest BCUT2D eigenvalue weighted by molar-refractivity contribution is -0.154. The lowest BCUT2D eigenvalue weighted by atomic mass is 9.76. The standard InChI is InChI=1S/C24H25ClN2O6/c1-10-5-6-15(9-16(10)25)27-21(30)17-18(22(27)31)24(13(4)28,23(32)33)26-19(17)14-7-11(2)20(29)12(3)8-14/h5-9,13,17-19,26,28-29H,1-4H3,(H,32,33). The van der Waals surface area contributed by atoms with Gasteiger partial charge in [0.25, 0.3) is 0 Å². The summed E-state index contributed by atoms with van der Waals surface area (Å²) in [6, 6.07) is 7.19. The van der Waals surface area contributed by atoms with Crippen LogP contribution in [0, 0.1) is 32.6 Å². The van der Waals surface area contributed by atoms with Crippen molar-refractivity contribution in [3.8, 4) is 5.75 Å². The number of carbonyl (C=O) groups excluding carboxylic acids is 2. The van der Waals surface area contributed by atoms with Crippen molar-refractivity contribution in [1.82, 2.24) is 5.32 Å². The van der Waals surface area contributed by atoms with Crippen LogP contribution in [0.15, 0.2) is 30.3 Å². The van der Waals surface area contributed by atoms with Gasteiger partial charge in [0.2, 0.25) is 11.8 Å². The van der Waals surface area contributed by atoms with Crippen molar-refractivity contribution in [3.05, 3.63) is 57.6 Å². The maximum absolute atomic E-state index is 13.6. The first kappa shape index (κ1) is 23.2. The van der Waals surface area contributed by atoms with E-state index in [4.69, 9.17) is 11.6 Å². The first-order chi connectivity index (χ1) is 15.4. The second-order valence-corrected chi connectivity index (χ2v) is 9.33. The van der Waals surface area contributed by atoms with Crippen molar-refractivity contribution in [2.45, 2.75) is 45.4 Å². The summed E-state index contributed by atoms with van der Waals surface area (Å²) in [6.45, 7) is 6.46. The molecule has 5 atom stereocenters. The number of phenols is 1. The summed E-state index contributed by atoms with van der Waals surface area (Å²) in [4.78, 5) is 40.7. The summed E-state index contributed by atoms with van der Waals surface area (Å²) in [5, 5.41) is 34.2. The molecule has 0 saturated carbocycles. The van der Waals surface area contributed by atoms with Crippen LogP contribution in [0.5, 0.6) is 5.75 Å². The van der Waals surface area contributed by atoms with Gasteiger partial charge in [0.15, 0.2) is 5.54 Å². The summed E-state index contributed by atoms with van der Waals surface area (Å²) >= 11 is 6.22. The number of nitrogens with one attached hydrogen (secondary N) is 1. The third kappa shape index (κ3) is 3.24. The second kappa shape index (κ2) is 7.83. The number of anilines is 1. The molecule has 4 N–H and O–H groups in total. The Morgan fingerprint density at radius 3 is 2.21 bits per heavy atom. The van der Waals surface area contributed by atoms with Gasteiger partial charge in [-0.3, -0.25) is 19.7 Å². The van der Waals surface area contributed by atoms with E-state index in [0.29, 0.717) is 21.7 Å². The number of aliphatic carboxylic acids is 1. The number of hydrogen-bond acceptors (Lipinski definition) is 6. The Balaban J connectivity index is 1.91. The Bertz CT molecular complexity index is 1170. The number of hydrogen-bond donors (Lipinski definition) is 4. The monoisotopic (exact) mass is 472 g/mol. The number of carboxylic acids is 1. The molecule has 0 aromatic heterocycles. The predicted molar refractivity (Wildman–Crippen MR) is 121 cm³/mol. The third-order valence-electron chi connectivity index (χ3n) is 6.89. The van der Waals surface area contributed by atoms with Crippen LogP contribution in [0.1, 0.15) is 35.2 Å². The summed E-state index contributed by atoms with van der Waals surface area (Å²) < 4.78 is 0. The largest absolute Gasteiger partial charge is 0.507 e. The van der Waals surface area contributed by atoms with Crippen molar-refractivity contribution in [2.75, 3.05) is 4.90 Å². The van der Waals surface area contributed by atoms with Gasteiger partial charge < -0.3 is 15.3 Å². The molecule has 2 fully saturated rings. The van der Waals surface area contributed by atoms with E-state index in [1.54, 1.807) is 45.0 Å². The zero-order valence-electron chi connectivity index (χ0n) is 18.6. The minimum atomic E-state index is -2.08. The van der Waals surface area contributed by atoms with Gasteiger partial charge in [-0.1, -0.05) is 29.8 Å². The minimum absolute atomic E-state index is 0.0954. The first-order valence-corrected chi connectivity index (χ1v) is 10.9. The normalized spacial score (nSPS) is 27.7. The molecule has 2 aromatic carbocycles. The smallest absolute Gasteiger partial charge is 0.327 e. The lowest BCUT2D eigenvalue weighted by Crippen LogP contribution is -2.62. The van der Waals surface area contributed by atoms with Gasteiger partial charge in [0, 0.05) is 11.1 Å². The van der Waals surface area contributed by atoms with E-state index in [2.05, 4.69) is 5.32 Å². The molecule has 2 aromatic rings. The van der Waals surface area contributed by atoms with Crippen LogP contribution >= 0.6 is 11.6 Å². The SMILES string of the molecule is Cc1ccc(N2C(=O)C3C(c4cc(C)c(O)c(C)c4)NC(C(=O)O)(C(C)O)C3C2=O)cc1Cl. The molecule has 0 spiro atoms. The molecule has 2 aliphatic heterocycles. The Morgan fingerprint density at radius 1 is 1.09 bits per heavy atom. The van der Waals surface area contributed by atoms with Crippen LogP contribution in [0.25, 0.3) is 0 Å². The zero-order chi connectivity index (χ0) is 24.4. The van der Waals surface area contributed by atoms with Crippen LogP contribution in [-0.2, 0) is 14.4 Å². The van der Waals surface area contributed by atoms with Crippen molar-refractivity contribution < 1.29 is 29.7 Å². The number of imide groups is 1. The highest BCUT2D eigenvalue weighted by Gasteiger charge is 2.70. The number of carbonyl (C=O) groups is 3. The molecule has 0 aliphatic carbocycles. The Kier molecular flexibility index (Phi) is 5.51. The molecule has 2 saturated heterocycles. The van der Waals surface area contributed by atoms with Crippen LogP contribution < -0.4 is 10.2 Å². The van der Waals surface area contributed by atoms with Crippen molar-refractivity contribution >= 4 is 35.1 Å². The molecule has 5 unspecified atom stereocenters. The van der Waals surface area contributed by atoms with Gasteiger partial charge in [-0.15, -0.1) is 0 Å². The molecule has 2 heterocycles. The highest BCUT2D eigenvalue weighted by atomic mass is 35.5. The number of benzene rings is 2. The van der Waals surface area contributed by atoms with Crippen LogP contribution in [-0.4, -0.2) is 44.7 Å². The first-order valence-electron chi connectivity index (χ1n) is 10.5.